The predicted octanol–water partition coefficient (Wildman–Crippen LogP) is 4.36. The number of ketones is 1. The molecule has 0 aromatic rings. The first-order chi connectivity index (χ1) is 10.9. The van der Waals surface area contributed by atoms with Gasteiger partial charge in [-0.05, 0) is 69.6 Å². The highest BCUT2D eigenvalue weighted by Crippen LogP contribution is 2.49. The van der Waals surface area contributed by atoms with Crippen molar-refractivity contribution in [3.8, 4) is 0 Å². The van der Waals surface area contributed by atoms with Crippen molar-refractivity contribution in [2.45, 2.75) is 90.8 Å². The van der Waals surface area contributed by atoms with Crippen molar-refractivity contribution in [1.82, 2.24) is 0 Å². The SMILES string of the molecule is CCC(O)(CC)CCCOC(C)C1C(C)CC2C(=O)CCCC21. The molecule has 0 saturated heterocycles. The molecule has 5 unspecified atom stereocenters. The smallest absolute Gasteiger partial charge is 0.136 e. The summed E-state index contributed by atoms with van der Waals surface area (Å²) < 4.78 is 6.14. The molecule has 2 aliphatic carbocycles. The van der Waals surface area contributed by atoms with Crippen molar-refractivity contribution >= 4 is 5.78 Å². The number of hydrogen-bond acceptors (Lipinski definition) is 3. The average Bonchev–Trinajstić information content (AvgIpc) is 2.89. The van der Waals surface area contributed by atoms with Crippen LogP contribution < -0.4 is 0 Å². The summed E-state index contributed by atoms with van der Waals surface area (Å²) in [6, 6.07) is 0. The van der Waals surface area contributed by atoms with E-state index in [2.05, 4.69) is 13.8 Å². The number of rotatable bonds is 8. The first kappa shape index (κ1) is 18.9. The summed E-state index contributed by atoms with van der Waals surface area (Å²) in [6.45, 7) is 9.30. The molecule has 0 spiro atoms. The summed E-state index contributed by atoms with van der Waals surface area (Å²) in [5.74, 6) is 2.47. The lowest BCUT2D eigenvalue weighted by atomic mass is 9.75. The lowest BCUT2D eigenvalue weighted by Gasteiger charge is -2.33. The second-order valence-electron chi connectivity index (χ2n) is 8.03. The van der Waals surface area contributed by atoms with Crippen LogP contribution in [-0.2, 0) is 9.53 Å². The molecular formula is C20H36O3. The Hall–Kier alpha value is -0.410. The molecule has 2 aliphatic rings. The Labute approximate surface area is 142 Å². The minimum atomic E-state index is -0.520. The molecule has 23 heavy (non-hydrogen) atoms. The first-order valence-corrected chi connectivity index (χ1v) is 9.78. The van der Waals surface area contributed by atoms with Gasteiger partial charge in [0.05, 0.1) is 11.7 Å². The third-order valence-electron chi connectivity index (χ3n) is 6.69. The first-order valence-electron chi connectivity index (χ1n) is 9.78. The molecule has 0 bridgehead atoms. The van der Waals surface area contributed by atoms with Crippen LogP contribution in [0.4, 0.5) is 0 Å². The molecule has 0 aliphatic heterocycles. The van der Waals surface area contributed by atoms with Gasteiger partial charge in [-0.15, -0.1) is 0 Å². The number of ether oxygens (including phenoxy) is 1. The molecule has 1 N–H and O–H groups in total. The number of hydrogen-bond donors (Lipinski definition) is 1. The highest BCUT2D eigenvalue weighted by atomic mass is 16.5. The molecule has 0 aromatic heterocycles. The fourth-order valence-electron chi connectivity index (χ4n) is 5.08. The maximum absolute atomic E-state index is 12.2. The van der Waals surface area contributed by atoms with Gasteiger partial charge in [0.15, 0.2) is 0 Å². The number of fused-ring (bicyclic) bond motifs is 1. The van der Waals surface area contributed by atoms with Crippen LogP contribution >= 0.6 is 0 Å². The lowest BCUT2D eigenvalue weighted by molar-refractivity contribution is -0.126. The van der Waals surface area contributed by atoms with Crippen LogP contribution in [0.15, 0.2) is 0 Å². The van der Waals surface area contributed by atoms with Crippen molar-refractivity contribution in [2.24, 2.45) is 23.7 Å². The van der Waals surface area contributed by atoms with E-state index < -0.39 is 5.60 Å². The topological polar surface area (TPSA) is 46.5 Å². The average molecular weight is 325 g/mol. The van der Waals surface area contributed by atoms with Crippen LogP contribution in [0.3, 0.4) is 0 Å². The largest absolute Gasteiger partial charge is 0.390 e. The summed E-state index contributed by atoms with van der Waals surface area (Å²) in [5, 5.41) is 10.3. The van der Waals surface area contributed by atoms with Crippen molar-refractivity contribution in [3.63, 3.8) is 0 Å². The summed E-state index contributed by atoms with van der Waals surface area (Å²) >= 11 is 0. The van der Waals surface area contributed by atoms with E-state index in [1.165, 1.54) is 6.42 Å². The Balaban J connectivity index is 1.81. The second kappa shape index (κ2) is 8.11. The van der Waals surface area contributed by atoms with Crippen molar-refractivity contribution in [3.05, 3.63) is 0 Å². The number of aliphatic hydroxyl groups is 1. The molecule has 3 nitrogen and oxygen atoms in total. The van der Waals surface area contributed by atoms with Gasteiger partial charge in [-0.1, -0.05) is 20.8 Å². The standard InChI is InChI=1S/C20H36O3/c1-5-20(22,6-2)11-8-12-23-15(4)19-14(3)13-17-16(19)9-7-10-18(17)21/h14-17,19,22H,5-13H2,1-4H3. The predicted molar refractivity (Wildman–Crippen MR) is 93.3 cm³/mol. The number of carbonyl (C=O) groups is 1. The minimum Gasteiger partial charge on any atom is -0.390 e. The van der Waals surface area contributed by atoms with Gasteiger partial charge in [-0.25, -0.2) is 0 Å². The summed E-state index contributed by atoms with van der Waals surface area (Å²) in [5.41, 5.74) is -0.520. The van der Waals surface area contributed by atoms with Crippen molar-refractivity contribution in [2.75, 3.05) is 6.61 Å². The van der Waals surface area contributed by atoms with Gasteiger partial charge in [-0.3, -0.25) is 4.79 Å². The van der Waals surface area contributed by atoms with Gasteiger partial charge in [0.1, 0.15) is 5.78 Å². The molecule has 0 heterocycles. The Morgan fingerprint density at radius 2 is 2.04 bits per heavy atom. The van der Waals surface area contributed by atoms with Crippen LogP contribution in [-0.4, -0.2) is 29.2 Å². The van der Waals surface area contributed by atoms with E-state index >= 15 is 0 Å². The minimum absolute atomic E-state index is 0.224. The molecule has 3 heteroatoms. The molecule has 5 atom stereocenters. The normalized spacial score (nSPS) is 32.8. The third kappa shape index (κ3) is 4.36. The van der Waals surface area contributed by atoms with Gasteiger partial charge >= 0.3 is 0 Å². The fourth-order valence-corrected chi connectivity index (χ4v) is 5.08. The summed E-state index contributed by atoms with van der Waals surface area (Å²) in [4.78, 5) is 12.2. The summed E-state index contributed by atoms with van der Waals surface area (Å²) in [6.07, 6.45) is 7.70. The van der Waals surface area contributed by atoms with Gasteiger partial charge in [0.2, 0.25) is 0 Å². The molecule has 0 amide bonds. The second-order valence-corrected chi connectivity index (χ2v) is 8.03. The van der Waals surface area contributed by atoms with Gasteiger partial charge < -0.3 is 9.84 Å². The Morgan fingerprint density at radius 3 is 2.70 bits per heavy atom. The molecule has 0 radical (unpaired) electrons. The Morgan fingerprint density at radius 1 is 1.35 bits per heavy atom. The molecule has 134 valence electrons. The zero-order chi connectivity index (χ0) is 17.0. The van der Waals surface area contributed by atoms with E-state index in [-0.39, 0.29) is 6.10 Å². The molecule has 2 saturated carbocycles. The molecule has 2 rings (SSSR count). The lowest BCUT2D eigenvalue weighted by Crippen LogP contribution is -2.34. The van der Waals surface area contributed by atoms with Crippen LogP contribution in [0, 0.1) is 23.7 Å². The Bertz CT molecular complexity index is 388. The Kier molecular flexibility index (Phi) is 6.67. The van der Waals surface area contributed by atoms with E-state index in [9.17, 15) is 9.90 Å². The number of Topliss-reactive ketones (excluding diaryl/α,β-unsaturated/α-hetero) is 1. The van der Waals surface area contributed by atoms with Gasteiger partial charge in [0, 0.05) is 18.9 Å². The zero-order valence-corrected chi connectivity index (χ0v) is 15.5. The van der Waals surface area contributed by atoms with E-state index in [1.54, 1.807) is 0 Å². The van der Waals surface area contributed by atoms with E-state index in [0.29, 0.717) is 29.5 Å². The summed E-state index contributed by atoms with van der Waals surface area (Å²) in [7, 11) is 0. The molecular weight excluding hydrogens is 288 g/mol. The quantitative estimate of drug-likeness (QED) is 0.675. The molecule has 0 aromatic carbocycles. The van der Waals surface area contributed by atoms with Crippen molar-refractivity contribution < 1.29 is 14.6 Å². The van der Waals surface area contributed by atoms with Gasteiger partial charge in [-0.2, -0.15) is 0 Å². The fraction of sp³-hybridized carbons (Fsp3) is 0.950. The third-order valence-corrected chi connectivity index (χ3v) is 6.69. The van der Waals surface area contributed by atoms with E-state index in [4.69, 9.17) is 4.74 Å². The van der Waals surface area contributed by atoms with Crippen LogP contribution in [0.5, 0.6) is 0 Å². The highest BCUT2D eigenvalue weighted by Gasteiger charge is 2.47. The molecule has 2 fully saturated rings. The van der Waals surface area contributed by atoms with Crippen LogP contribution in [0.1, 0.15) is 79.1 Å². The maximum atomic E-state index is 12.2. The van der Waals surface area contributed by atoms with Crippen LogP contribution in [0.25, 0.3) is 0 Å². The maximum Gasteiger partial charge on any atom is 0.136 e. The number of carbonyl (C=O) groups excluding carboxylic acids is 1. The monoisotopic (exact) mass is 324 g/mol. The van der Waals surface area contributed by atoms with Crippen molar-refractivity contribution in [1.29, 1.82) is 0 Å². The van der Waals surface area contributed by atoms with Gasteiger partial charge in [0.25, 0.3) is 0 Å². The van der Waals surface area contributed by atoms with E-state index in [1.807, 2.05) is 13.8 Å². The van der Waals surface area contributed by atoms with E-state index in [0.717, 1.165) is 51.6 Å². The zero-order valence-electron chi connectivity index (χ0n) is 15.5. The highest BCUT2D eigenvalue weighted by molar-refractivity contribution is 5.82. The van der Waals surface area contributed by atoms with Crippen LogP contribution in [0.2, 0.25) is 0 Å².